The molecular formula is C40H72N6O16. The lowest BCUT2D eigenvalue weighted by Gasteiger charge is -2.49. The van der Waals surface area contributed by atoms with Gasteiger partial charge in [0.25, 0.3) is 0 Å². The van der Waals surface area contributed by atoms with E-state index in [0.717, 1.165) is 0 Å². The first-order chi connectivity index (χ1) is 28.6. The average molecular weight is 893 g/mol. The molecule has 2 heterocycles. The molecule has 0 aromatic heterocycles. The third kappa shape index (κ3) is 16.8. The lowest BCUT2D eigenvalue weighted by molar-refractivity contribution is -0.304. The summed E-state index contributed by atoms with van der Waals surface area (Å²) in [6.07, 6.45) is -11.8. The van der Waals surface area contributed by atoms with Crippen LogP contribution >= 0.6 is 0 Å². The van der Waals surface area contributed by atoms with Crippen LogP contribution in [0.4, 0.5) is 14.4 Å². The Morgan fingerprint density at radius 2 is 1.34 bits per heavy atom. The minimum absolute atomic E-state index is 0.144. The molecule has 1 saturated carbocycles. The molecule has 358 valence electrons. The summed E-state index contributed by atoms with van der Waals surface area (Å²) in [5.41, 5.74) is -4.13. The van der Waals surface area contributed by atoms with Gasteiger partial charge in [0.2, 0.25) is 12.2 Å². The van der Waals surface area contributed by atoms with Gasteiger partial charge in [-0.3, -0.25) is 4.79 Å². The molecule has 62 heavy (non-hydrogen) atoms. The summed E-state index contributed by atoms with van der Waals surface area (Å²) < 4.78 is 41.0. The molecule has 2 aliphatic heterocycles. The number of hydrogen-bond donors (Lipinski definition) is 11. The molecule has 0 aromatic rings. The predicted octanol–water partition coefficient (Wildman–Crippen LogP) is -0.663. The van der Waals surface area contributed by atoms with Crippen LogP contribution in [0.3, 0.4) is 0 Å². The number of likely N-dealkylation sites (N-methyl/N-ethyl adjacent to an activating group) is 1. The molecule has 22 nitrogen and oxygen atoms in total. The zero-order valence-corrected chi connectivity index (χ0v) is 37.8. The minimum atomic E-state index is -1.79. The molecule has 0 spiro atoms. The number of carbonyl (C=O) groups excluding carboxylic acids is 4. The van der Waals surface area contributed by atoms with Crippen molar-refractivity contribution >= 4 is 24.2 Å². The molecule has 0 unspecified atom stereocenters. The Balaban J connectivity index is 2.02. The third-order valence-corrected chi connectivity index (χ3v) is 9.60. The first kappa shape index (κ1) is 52.8. The van der Waals surface area contributed by atoms with Crippen molar-refractivity contribution in [1.82, 2.24) is 31.9 Å². The molecule has 3 aliphatic rings. The molecule has 0 radical (unpaired) electrons. The first-order valence-electron chi connectivity index (χ1n) is 20.9. The molecule has 1 aliphatic carbocycles. The fourth-order valence-corrected chi connectivity index (χ4v) is 6.97. The van der Waals surface area contributed by atoms with Gasteiger partial charge in [-0.15, -0.1) is 0 Å². The second-order valence-corrected chi connectivity index (χ2v) is 18.9. The highest BCUT2D eigenvalue weighted by Gasteiger charge is 2.53. The standard InChI is InChI=1S/C40H72N6O16/c1-37(2,3)60-34(52)43-15-14-25(48)31(51)44-23-18-24(46-36(54)62-39(7,8)9)29(26(49)28(23)59-33-27(50)30(41-11)40(10,55)20-56-33)58-32-22(45-35(53)61-38(4,5)6)13-12-21(57-32)19-42-16-17-47/h12,22-30,32-33,41-42,47-50,55H,13-20H2,1-11H3,(H,43,52)(H,44,51)(H,45,53)(H,46,54)/t22-,23-,24+,25+,26-,27-,28+,29-,30-,32-,33-,40+/m1/s1. The Kier molecular flexibility index (Phi) is 19.0. The van der Waals surface area contributed by atoms with E-state index in [-0.39, 0.29) is 52.1 Å². The maximum atomic E-state index is 13.6. The van der Waals surface area contributed by atoms with Crippen molar-refractivity contribution in [3.63, 3.8) is 0 Å². The van der Waals surface area contributed by atoms with Crippen molar-refractivity contribution in [3.05, 3.63) is 11.8 Å². The topological polar surface area (TPSA) is 306 Å². The van der Waals surface area contributed by atoms with Crippen LogP contribution < -0.4 is 31.9 Å². The molecule has 22 heteroatoms. The molecule has 11 N–H and O–H groups in total. The number of hydrogen-bond acceptors (Lipinski definition) is 18. The highest BCUT2D eigenvalue weighted by molar-refractivity contribution is 5.81. The number of aliphatic hydroxyl groups excluding tert-OH is 4. The monoisotopic (exact) mass is 893 g/mol. The van der Waals surface area contributed by atoms with Gasteiger partial charge in [0.15, 0.2) is 6.29 Å². The minimum Gasteiger partial charge on any atom is -0.466 e. The van der Waals surface area contributed by atoms with E-state index >= 15 is 0 Å². The van der Waals surface area contributed by atoms with Crippen molar-refractivity contribution in [2.45, 2.75) is 178 Å². The van der Waals surface area contributed by atoms with Crippen molar-refractivity contribution < 1.29 is 77.9 Å². The van der Waals surface area contributed by atoms with E-state index in [9.17, 15) is 44.7 Å². The molecule has 2 fully saturated rings. The summed E-state index contributed by atoms with van der Waals surface area (Å²) in [5, 5.41) is 71.3. The first-order valence-corrected chi connectivity index (χ1v) is 20.9. The molecule has 1 saturated heterocycles. The second kappa shape index (κ2) is 22.4. The van der Waals surface area contributed by atoms with Crippen LogP contribution in [0.5, 0.6) is 0 Å². The number of aliphatic hydroxyl groups is 5. The highest BCUT2D eigenvalue weighted by Crippen LogP contribution is 2.33. The van der Waals surface area contributed by atoms with Gasteiger partial charge in [-0.1, -0.05) is 0 Å². The second-order valence-electron chi connectivity index (χ2n) is 18.9. The normalized spacial score (nSPS) is 31.1. The van der Waals surface area contributed by atoms with E-state index in [0.29, 0.717) is 5.76 Å². The van der Waals surface area contributed by atoms with Gasteiger partial charge in [-0.2, -0.15) is 0 Å². The smallest absolute Gasteiger partial charge is 0.408 e. The fraction of sp³-hybridized carbons (Fsp3) is 0.850. The summed E-state index contributed by atoms with van der Waals surface area (Å²) in [7, 11) is 1.52. The van der Waals surface area contributed by atoms with Crippen LogP contribution in [-0.2, 0) is 38.0 Å². The van der Waals surface area contributed by atoms with E-state index in [1.165, 1.54) is 14.0 Å². The van der Waals surface area contributed by atoms with Gasteiger partial charge in [0.05, 0.1) is 43.9 Å². The Bertz CT molecular complexity index is 1510. The van der Waals surface area contributed by atoms with E-state index in [1.807, 2.05) is 0 Å². The van der Waals surface area contributed by atoms with Crippen LogP contribution in [0.1, 0.15) is 88.5 Å². The number of rotatable bonds is 16. The van der Waals surface area contributed by atoms with Gasteiger partial charge >= 0.3 is 18.3 Å². The molecule has 3 rings (SSSR count). The summed E-state index contributed by atoms with van der Waals surface area (Å²) in [4.78, 5) is 52.2. The molecule has 12 atom stereocenters. The summed E-state index contributed by atoms with van der Waals surface area (Å²) in [5.74, 6) is -0.551. The fourth-order valence-electron chi connectivity index (χ4n) is 6.97. The maximum absolute atomic E-state index is 13.6. The Morgan fingerprint density at radius 1 is 0.806 bits per heavy atom. The van der Waals surface area contributed by atoms with Crippen molar-refractivity contribution in [3.8, 4) is 0 Å². The maximum Gasteiger partial charge on any atom is 0.408 e. The largest absolute Gasteiger partial charge is 0.466 e. The number of carbonyl (C=O) groups is 4. The lowest BCUT2D eigenvalue weighted by Crippen LogP contribution is -2.70. The van der Waals surface area contributed by atoms with Crippen molar-refractivity contribution in [1.29, 1.82) is 0 Å². The Labute approximate surface area is 363 Å². The zero-order valence-electron chi connectivity index (χ0n) is 37.8. The Hall–Kier alpha value is -3.58. The highest BCUT2D eigenvalue weighted by atomic mass is 16.7. The van der Waals surface area contributed by atoms with Gasteiger partial charge in [-0.05, 0) is 102 Å². The summed E-state index contributed by atoms with van der Waals surface area (Å²) in [6, 6.07) is -4.31. The number of amides is 4. The van der Waals surface area contributed by atoms with Crippen LogP contribution in [0, 0.1) is 0 Å². The Morgan fingerprint density at radius 3 is 1.89 bits per heavy atom. The molecular weight excluding hydrogens is 820 g/mol. The summed E-state index contributed by atoms with van der Waals surface area (Å²) in [6.45, 7) is 16.3. The van der Waals surface area contributed by atoms with Gasteiger partial charge in [-0.25, -0.2) is 14.4 Å². The van der Waals surface area contributed by atoms with E-state index in [2.05, 4.69) is 31.9 Å². The van der Waals surface area contributed by atoms with Crippen molar-refractivity contribution in [2.24, 2.45) is 0 Å². The van der Waals surface area contributed by atoms with E-state index in [1.54, 1.807) is 68.4 Å². The quantitative estimate of drug-likeness (QED) is 0.0677. The van der Waals surface area contributed by atoms with Crippen LogP contribution in [0.15, 0.2) is 11.8 Å². The lowest BCUT2D eigenvalue weighted by atomic mass is 9.82. The van der Waals surface area contributed by atoms with Gasteiger partial charge in [0, 0.05) is 13.1 Å². The SMILES string of the molecule is CN[C@@H]1[C@@H](O)[C@@H](O[C@@H]2[C@@H](O)[C@H](O[C@H]3OC(CNCCO)=CC[C@H]3NC(=O)OC(C)(C)C)[C@@H](NC(=O)OC(C)(C)C)C[C@H]2NC(=O)[C@@H](O)CCNC(=O)OC(C)(C)C)OC[C@]1(C)O. The zero-order chi connectivity index (χ0) is 46.8. The van der Waals surface area contributed by atoms with Gasteiger partial charge < -0.3 is 90.6 Å². The number of ether oxygens (including phenoxy) is 7. The van der Waals surface area contributed by atoms with Crippen molar-refractivity contribution in [2.75, 3.05) is 39.9 Å². The number of nitrogens with one attached hydrogen (secondary N) is 6. The van der Waals surface area contributed by atoms with Crippen LogP contribution in [0.2, 0.25) is 0 Å². The molecule has 0 bridgehead atoms. The van der Waals surface area contributed by atoms with E-state index in [4.69, 9.17) is 33.2 Å². The van der Waals surface area contributed by atoms with Crippen LogP contribution in [-0.4, -0.2) is 179 Å². The molecule has 0 aromatic carbocycles. The van der Waals surface area contributed by atoms with E-state index < -0.39 is 114 Å². The predicted molar refractivity (Wildman–Crippen MR) is 220 cm³/mol. The van der Waals surface area contributed by atoms with Gasteiger partial charge in [0.1, 0.15) is 58.7 Å². The number of alkyl carbamates (subject to hydrolysis) is 3. The van der Waals surface area contributed by atoms with Crippen LogP contribution in [0.25, 0.3) is 0 Å². The molecule has 4 amide bonds. The third-order valence-electron chi connectivity index (χ3n) is 9.60. The summed E-state index contributed by atoms with van der Waals surface area (Å²) >= 11 is 0. The average Bonchev–Trinajstić information content (AvgIpc) is 3.11.